The van der Waals surface area contributed by atoms with Gasteiger partial charge in [-0.3, -0.25) is 14.4 Å². The van der Waals surface area contributed by atoms with E-state index in [9.17, 15) is 14.4 Å². The van der Waals surface area contributed by atoms with Crippen LogP contribution in [0.15, 0.2) is 52.2 Å². The van der Waals surface area contributed by atoms with E-state index in [1.807, 2.05) is 12.1 Å². The van der Waals surface area contributed by atoms with Crippen molar-refractivity contribution in [2.75, 3.05) is 18.1 Å². The van der Waals surface area contributed by atoms with Crippen molar-refractivity contribution in [1.82, 2.24) is 14.9 Å². The predicted octanol–water partition coefficient (Wildman–Crippen LogP) is 2.24. The van der Waals surface area contributed by atoms with Crippen molar-refractivity contribution < 1.29 is 9.59 Å². The van der Waals surface area contributed by atoms with E-state index in [4.69, 9.17) is 0 Å². The van der Waals surface area contributed by atoms with Crippen LogP contribution in [0.5, 0.6) is 0 Å². The second kappa shape index (κ2) is 6.88. The Labute approximate surface area is 158 Å². The number of H-pyrrole nitrogens is 1. The number of nitrogens with one attached hydrogen (secondary N) is 2. The van der Waals surface area contributed by atoms with Gasteiger partial charge >= 0.3 is 0 Å². The monoisotopic (exact) mass is 380 g/mol. The Morgan fingerprint density at radius 3 is 2.89 bits per heavy atom. The lowest BCUT2D eigenvalue weighted by Crippen LogP contribution is -2.28. The maximum atomic E-state index is 12.8. The molecule has 0 fully saturated rings. The smallest absolute Gasteiger partial charge is 0.258 e. The van der Waals surface area contributed by atoms with Gasteiger partial charge in [0.2, 0.25) is 5.91 Å². The van der Waals surface area contributed by atoms with Crippen molar-refractivity contribution in [3.63, 3.8) is 0 Å². The maximum Gasteiger partial charge on any atom is 0.258 e. The van der Waals surface area contributed by atoms with Gasteiger partial charge in [-0.25, -0.2) is 4.98 Å². The zero-order chi connectivity index (χ0) is 19.0. The molecule has 1 aromatic heterocycles. The van der Waals surface area contributed by atoms with Crippen LogP contribution in [-0.2, 0) is 11.3 Å². The van der Waals surface area contributed by atoms with Crippen molar-refractivity contribution in [3.8, 4) is 0 Å². The molecule has 27 heavy (non-hydrogen) atoms. The van der Waals surface area contributed by atoms with Gasteiger partial charge in [0.05, 0.1) is 28.9 Å². The van der Waals surface area contributed by atoms with Gasteiger partial charge in [0.25, 0.3) is 11.5 Å². The van der Waals surface area contributed by atoms with Crippen LogP contribution in [0.2, 0.25) is 0 Å². The van der Waals surface area contributed by atoms with Gasteiger partial charge in [-0.05, 0) is 30.3 Å². The van der Waals surface area contributed by atoms with E-state index in [1.54, 1.807) is 37.4 Å². The van der Waals surface area contributed by atoms with Gasteiger partial charge in [0.1, 0.15) is 5.82 Å². The molecule has 4 rings (SSSR count). The Kier molecular flexibility index (Phi) is 4.41. The Morgan fingerprint density at radius 2 is 2.04 bits per heavy atom. The number of para-hydroxylation sites is 1. The van der Waals surface area contributed by atoms with Gasteiger partial charge < -0.3 is 15.2 Å². The van der Waals surface area contributed by atoms with Crippen LogP contribution in [0, 0.1) is 0 Å². The van der Waals surface area contributed by atoms with Crippen molar-refractivity contribution in [2.24, 2.45) is 0 Å². The molecule has 0 radical (unpaired) electrons. The molecular formula is C19H16N4O3S. The summed E-state index contributed by atoms with van der Waals surface area (Å²) in [6.45, 7) is 0.164. The first-order valence-electron chi connectivity index (χ1n) is 8.31. The molecule has 2 heterocycles. The molecule has 0 saturated heterocycles. The van der Waals surface area contributed by atoms with Crippen LogP contribution in [0.3, 0.4) is 0 Å². The number of rotatable bonds is 3. The quantitative estimate of drug-likeness (QED) is 0.727. The summed E-state index contributed by atoms with van der Waals surface area (Å²) in [6, 6.07) is 12.3. The minimum atomic E-state index is -0.232. The fourth-order valence-corrected chi connectivity index (χ4v) is 3.73. The summed E-state index contributed by atoms with van der Waals surface area (Å²) in [5.74, 6) is 0.486. The van der Waals surface area contributed by atoms with Gasteiger partial charge in [0.15, 0.2) is 0 Å². The number of hydrogen-bond donors (Lipinski definition) is 2. The molecule has 0 unspecified atom stereocenters. The van der Waals surface area contributed by atoms with Crippen molar-refractivity contribution in [1.29, 1.82) is 0 Å². The number of hydrogen-bond acceptors (Lipinski definition) is 5. The minimum absolute atomic E-state index is 0.0802. The number of aromatic amines is 1. The van der Waals surface area contributed by atoms with Gasteiger partial charge in [-0.2, -0.15) is 0 Å². The van der Waals surface area contributed by atoms with E-state index in [0.717, 1.165) is 4.90 Å². The second-order valence-corrected chi connectivity index (χ2v) is 7.26. The number of fused-ring (bicyclic) bond motifs is 2. The number of carbonyl (C=O) groups excluding carboxylic acids is 2. The van der Waals surface area contributed by atoms with Crippen molar-refractivity contribution in [3.05, 3.63) is 64.2 Å². The highest BCUT2D eigenvalue weighted by Gasteiger charge is 2.19. The number of anilines is 1. The molecule has 0 bridgehead atoms. The average molecular weight is 380 g/mol. The highest BCUT2D eigenvalue weighted by atomic mass is 32.2. The van der Waals surface area contributed by atoms with E-state index in [0.29, 0.717) is 33.7 Å². The lowest BCUT2D eigenvalue weighted by Gasteiger charge is -2.20. The van der Waals surface area contributed by atoms with E-state index in [1.165, 1.54) is 16.7 Å². The van der Waals surface area contributed by atoms with Gasteiger partial charge in [-0.1, -0.05) is 12.1 Å². The standard InChI is InChI=1S/C19H16N4O3S/c1-23(9-16-20-13-5-3-2-4-12(13)18(25)22-16)19(26)11-6-7-15-14(8-11)21-17(24)10-27-15/h2-8H,9-10H2,1H3,(H,21,24)(H,20,22,25). The molecule has 0 atom stereocenters. The summed E-state index contributed by atoms with van der Waals surface area (Å²) in [7, 11) is 1.64. The first kappa shape index (κ1) is 17.3. The summed E-state index contributed by atoms with van der Waals surface area (Å²) < 4.78 is 0. The Balaban J connectivity index is 1.57. The van der Waals surface area contributed by atoms with Crippen LogP contribution < -0.4 is 10.9 Å². The van der Waals surface area contributed by atoms with E-state index >= 15 is 0 Å². The van der Waals surface area contributed by atoms with Crippen LogP contribution in [0.1, 0.15) is 16.2 Å². The highest BCUT2D eigenvalue weighted by molar-refractivity contribution is 8.00. The number of carbonyl (C=O) groups is 2. The third kappa shape index (κ3) is 3.43. The Morgan fingerprint density at radius 1 is 1.22 bits per heavy atom. The molecule has 136 valence electrons. The second-order valence-electron chi connectivity index (χ2n) is 6.24. The lowest BCUT2D eigenvalue weighted by atomic mass is 10.1. The van der Waals surface area contributed by atoms with E-state index in [2.05, 4.69) is 15.3 Å². The van der Waals surface area contributed by atoms with Crippen LogP contribution in [0.25, 0.3) is 10.9 Å². The fraction of sp³-hybridized carbons (Fsp3) is 0.158. The molecule has 2 aromatic carbocycles. The first-order valence-corrected chi connectivity index (χ1v) is 9.30. The van der Waals surface area contributed by atoms with Gasteiger partial charge in [-0.15, -0.1) is 11.8 Å². The number of thioether (sulfide) groups is 1. The predicted molar refractivity (Wildman–Crippen MR) is 104 cm³/mol. The molecular weight excluding hydrogens is 364 g/mol. The average Bonchev–Trinajstić information content (AvgIpc) is 2.66. The molecule has 0 saturated carbocycles. The summed E-state index contributed by atoms with van der Waals surface area (Å²) in [6.07, 6.45) is 0. The number of nitrogens with zero attached hydrogens (tertiary/aromatic N) is 2. The summed E-state index contributed by atoms with van der Waals surface area (Å²) in [5.41, 5.74) is 1.46. The molecule has 2 amide bonds. The van der Waals surface area contributed by atoms with E-state index < -0.39 is 0 Å². The fourth-order valence-electron chi connectivity index (χ4n) is 2.94. The Hall–Kier alpha value is -3.13. The topological polar surface area (TPSA) is 95.2 Å². The zero-order valence-electron chi connectivity index (χ0n) is 14.5. The summed E-state index contributed by atoms with van der Waals surface area (Å²) in [4.78, 5) is 46.0. The molecule has 0 aliphatic carbocycles. The number of benzene rings is 2. The van der Waals surface area contributed by atoms with Crippen LogP contribution >= 0.6 is 11.8 Å². The van der Waals surface area contributed by atoms with Crippen LogP contribution in [0.4, 0.5) is 5.69 Å². The van der Waals surface area contributed by atoms with E-state index in [-0.39, 0.29) is 23.9 Å². The zero-order valence-corrected chi connectivity index (χ0v) is 15.3. The largest absolute Gasteiger partial charge is 0.334 e. The summed E-state index contributed by atoms with van der Waals surface area (Å²) in [5, 5.41) is 3.29. The van der Waals surface area contributed by atoms with Crippen molar-refractivity contribution in [2.45, 2.75) is 11.4 Å². The van der Waals surface area contributed by atoms with Crippen molar-refractivity contribution >= 4 is 40.2 Å². The maximum absolute atomic E-state index is 12.8. The molecule has 1 aliphatic rings. The SMILES string of the molecule is CN(Cc1nc2ccccc2c(=O)[nH]1)C(=O)c1ccc2c(c1)NC(=O)CS2. The molecule has 0 spiro atoms. The third-order valence-corrected chi connectivity index (χ3v) is 5.33. The third-order valence-electron chi connectivity index (χ3n) is 4.25. The molecule has 1 aliphatic heterocycles. The molecule has 2 N–H and O–H groups in total. The lowest BCUT2D eigenvalue weighted by molar-refractivity contribution is -0.113. The minimum Gasteiger partial charge on any atom is -0.334 e. The summed E-state index contributed by atoms with van der Waals surface area (Å²) >= 11 is 1.44. The van der Waals surface area contributed by atoms with Gasteiger partial charge in [0, 0.05) is 17.5 Å². The van der Waals surface area contributed by atoms with Crippen LogP contribution in [-0.4, -0.2) is 39.5 Å². The highest BCUT2D eigenvalue weighted by Crippen LogP contribution is 2.32. The Bertz CT molecular complexity index is 1130. The number of amides is 2. The molecule has 7 nitrogen and oxygen atoms in total. The normalized spacial score (nSPS) is 13.1. The first-order chi connectivity index (χ1) is 13.0. The molecule has 8 heteroatoms. The number of aromatic nitrogens is 2. The molecule has 3 aromatic rings.